The van der Waals surface area contributed by atoms with E-state index in [1.54, 1.807) is 0 Å². The zero-order valence-electron chi connectivity index (χ0n) is 16.7. The second-order valence-electron chi connectivity index (χ2n) is 8.98. The van der Waals surface area contributed by atoms with Crippen molar-refractivity contribution >= 4 is 13.9 Å². The van der Waals surface area contributed by atoms with Crippen molar-refractivity contribution in [2.75, 3.05) is 6.61 Å². The summed E-state index contributed by atoms with van der Waals surface area (Å²) in [6, 6.07) is 0. The van der Waals surface area contributed by atoms with Crippen LogP contribution in [0.2, 0.25) is 16.6 Å². The summed E-state index contributed by atoms with van der Waals surface area (Å²) in [7, 11) is -1.61. The van der Waals surface area contributed by atoms with Gasteiger partial charge in [-0.25, -0.2) is 0 Å². The first-order chi connectivity index (χ1) is 11.2. The Morgan fingerprint density at radius 3 is 2.25 bits per heavy atom. The average molecular weight is 349 g/mol. The SMILES string of the molecule is CC(C)[Si](C#CCC[C@H]1CC(=O)[C@@H]2OC[C@@H](C)[C@H]12)(C(C)C)C(C)C. The maximum Gasteiger partial charge on any atom is 0.162 e. The highest BCUT2D eigenvalue weighted by molar-refractivity contribution is 6.90. The third-order valence-electron chi connectivity index (χ3n) is 6.68. The fourth-order valence-corrected chi connectivity index (χ4v) is 10.8. The van der Waals surface area contributed by atoms with E-state index in [9.17, 15) is 4.79 Å². The normalized spacial score (nSPS) is 30.2. The lowest BCUT2D eigenvalue weighted by molar-refractivity contribution is -0.125. The standard InChI is InChI=1S/C21H36O2Si/c1-14(2)24(15(3)4,16(5)6)11-9-8-10-18-12-19(22)21-20(18)17(7)13-23-21/h14-18,20-21H,8,10,12-13H2,1-7H3/t17-,18+,20-,21+/m1/s1. The van der Waals surface area contributed by atoms with Gasteiger partial charge in [0.25, 0.3) is 0 Å². The summed E-state index contributed by atoms with van der Waals surface area (Å²) in [5.74, 6) is 5.35. The Morgan fingerprint density at radius 1 is 1.12 bits per heavy atom. The third-order valence-corrected chi connectivity index (χ3v) is 13.0. The maximum absolute atomic E-state index is 12.1. The highest BCUT2D eigenvalue weighted by Crippen LogP contribution is 2.44. The monoisotopic (exact) mass is 348 g/mol. The van der Waals surface area contributed by atoms with E-state index >= 15 is 0 Å². The predicted molar refractivity (Wildman–Crippen MR) is 104 cm³/mol. The molecule has 2 fully saturated rings. The van der Waals surface area contributed by atoms with E-state index < -0.39 is 8.07 Å². The van der Waals surface area contributed by atoms with Gasteiger partial charge >= 0.3 is 0 Å². The number of hydrogen-bond acceptors (Lipinski definition) is 2. The summed E-state index contributed by atoms with van der Waals surface area (Å²) in [4.78, 5) is 12.1. The molecule has 1 aliphatic heterocycles. The zero-order chi connectivity index (χ0) is 18.1. The fraction of sp³-hybridized carbons (Fsp3) is 0.857. The number of carbonyl (C=O) groups is 1. The molecule has 0 N–H and O–H groups in total. The van der Waals surface area contributed by atoms with Crippen molar-refractivity contribution in [3.63, 3.8) is 0 Å². The lowest BCUT2D eigenvalue weighted by Gasteiger charge is -2.38. The molecule has 2 rings (SSSR count). The van der Waals surface area contributed by atoms with Crippen molar-refractivity contribution in [3.8, 4) is 11.5 Å². The van der Waals surface area contributed by atoms with Gasteiger partial charge in [0, 0.05) is 18.8 Å². The van der Waals surface area contributed by atoms with Crippen LogP contribution in [-0.2, 0) is 9.53 Å². The molecule has 24 heavy (non-hydrogen) atoms. The maximum atomic E-state index is 12.1. The van der Waals surface area contributed by atoms with Crippen LogP contribution in [0.25, 0.3) is 0 Å². The van der Waals surface area contributed by atoms with E-state index in [1.165, 1.54) is 0 Å². The summed E-state index contributed by atoms with van der Waals surface area (Å²) in [5.41, 5.74) is 5.87. The molecule has 1 saturated carbocycles. The van der Waals surface area contributed by atoms with Crippen LogP contribution in [0.15, 0.2) is 0 Å². The lowest BCUT2D eigenvalue weighted by Crippen LogP contribution is -2.43. The molecule has 0 amide bonds. The van der Waals surface area contributed by atoms with E-state index in [-0.39, 0.29) is 6.10 Å². The van der Waals surface area contributed by atoms with E-state index in [2.05, 4.69) is 59.9 Å². The summed E-state index contributed by atoms with van der Waals surface area (Å²) in [5, 5.41) is 0. The Labute approximate surface area is 150 Å². The zero-order valence-corrected chi connectivity index (χ0v) is 17.7. The van der Waals surface area contributed by atoms with Crippen molar-refractivity contribution in [1.29, 1.82) is 0 Å². The Hall–Kier alpha value is -0.593. The van der Waals surface area contributed by atoms with Crippen LogP contribution in [0, 0.1) is 29.2 Å². The Bertz CT molecular complexity index is 490. The van der Waals surface area contributed by atoms with Crippen molar-refractivity contribution in [2.24, 2.45) is 17.8 Å². The molecule has 2 nitrogen and oxygen atoms in total. The molecule has 0 aromatic carbocycles. The summed E-state index contributed by atoms with van der Waals surface area (Å²) in [6.07, 6.45) is 2.61. The average Bonchev–Trinajstić information content (AvgIpc) is 3.00. The summed E-state index contributed by atoms with van der Waals surface area (Å²) in [6.45, 7) is 17.1. The molecule has 1 heterocycles. The van der Waals surface area contributed by atoms with Gasteiger partial charge in [-0.1, -0.05) is 48.5 Å². The number of ketones is 1. The van der Waals surface area contributed by atoms with Crippen molar-refractivity contribution in [3.05, 3.63) is 0 Å². The molecule has 3 heteroatoms. The van der Waals surface area contributed by atoms with Crippen molar-refractivity contribution < 1.29 is 9.53 Å². The minimum Gasteiger partial charge on any atom is -0.370 e. The van der Waals surface area contributed by atoms with Crippen LogP contribution in [0.3, 0.4) is 0 Å². The van der Waals surface area contributed by atoms with Crippen molar-refractivity contribution in [2.45, 2.75) is 90.5 Å². The molecule has 2 aliphatic rings. The minimum absolute atomic E-state index is 0.103. The van der Waals surface area contributed by atoms with E-state index in [0.29, 0.717) is 46.6 Å². The third kappa shape index (κ3) is 3.51. The minimum atomic E-state index is -1.61. The first-order valence-electron chi connectivity index (χ1n) is 9.86. The molecular weight excluding hydrogens is 312 g/mol. The van der Waals surface area contributed by atoms with Crippen LogP contribution in [0.5, 0.6) is 0 Å². The number of hydrogen-bond donors (Lipinski definition) is 0. The molecule has 0 spiro atoms. The van der Waals surface area contributed by atoms with Crippen LogP contribution in [0.1, 0.15) is 67.7 Å². The van der Waals surface area contributed by atoms with Crippen LogP contribution in [-0.4, -0.2) is 26.6 Å². The van der Waals surface area contributed by atoms with Gasteiger partial charge in [-0.15, -0.1) is 11.5 Å². The number of ether oxygens (including phenoxy) is 1. The Balaban J connectivity index is 2.03. The van der Waals surface area contributed by atoms with Crippen LogP contribution >= 0.6 is 0 Å². The largest absolute Gasteiger partial charge is 0.370 e. The number of fused-ring (bicyclic) bond motifs is 1. The quantitative estimate of drug-likeness (QED) is 0.502. The summed E-state index contributed by atoms with van der Waals surface area (Å²) >= 11 is 0. The van der Waals surface area contributed by atoms with Gasteiger partial charge in [-0.05, 0) is 34.9 Å². The first-order valence-corrected chi connectivity index (χ1v) is 12.1. The first kappa shape index (κ1) is 19.7. The predicted octanol–water partition coefficient (Wildman–Crippen LogP) is 5.23. The second kappa shape index (κ2) is 7.75. The molecule has 4 atom stereocenters. The highest BCUT2D eigenvalue weighted by atomic mass is 28.3. The number of rotatable bonds is 5. The van der Waals surface area contributed by atoms with Gasteiger partial charge in [0.2, 0.25) is 0 Å². The van der Waals surface area contributed by atoms with Gasteiger partial charge in [0.15, 0.2) is 5.78 Å². The molecule has 136 valence electrons. The molecule has 0 aromatic heterocycles. The van der Waals surface area contributed by atoms with Gasteiger partial charge in [-0.3, -0.25) is 4.79 Å². The van der Waals surface area contributed by atoms with Crippen LogP contribution in [0.4, 0.5) is 0 Å². The lowest BCUT2D eigenvalue weighted by atomic mass is 9.83. The Morgan fingerprint density at radius 2 is 1.71 bits per heavy atom. The van der Waals surface area contributed by atoms with E-state index in [0.717, 1.165) is 19.4 Å². The van der Waals surface area contributed by atoms with E-state index in [4.69, 9.17) is 4.74 Å². The van der Waals surface area contributed by atoms with Crippen molar-refractivity contribution in [1.82, 2.24) is 0 Å². The van der Waals surface area contributed by atoms with Gasteiger partial charge < -0.3 is 4.74 Å². The highest BCUT2D eigenvalue weighted by Gasteiger charge is 2.49. The number of Topliss-reactive ketones (excluding diaryl/α,β-unsaturated/α-hetero) is 1. The Kier molecular flexibility index (Phi) is 6.37. The topological polar surface area (TPSA) is 26.3 Å². The second-order valence-corrected chi connectivity index (χ2v) is 14.6. The molecule has 0 aromatic rings. The molecule has 0 unspecified atom stereocenters. The molecular formula is C21H36O2Si. The molecule has 0 radical (unpaired) electrons. The van der Waals surface area contributed by atoms with Gasteiger partial charge in [0.05, 0.1) is 6.61 Å². The molecule has 1 saturated heterocycles. The van der Waals surface area contributed by atoms with Gasteiger partial charge in [-0.2, -0.15) is 0 Å². The number of carbonyl (C=O) groups excluding carboxylic acids is 1. The van der Waals surface area contributed by atoms with Gasteiger partial charge in [0.1, 0.15) is 14.2 Å². The smallest absolute Gasteiger partial charge is 0.162 e. The van der Waals surface area contributed by atoms with Crippen LogP contribution < -0.4 is 0 Å². The molecule has 0 bridgehead atoms. The van der Waals surface area contributed by atoms with E-state index in [1.807, 2.05) is 0 Å². The molecule has 1 aliphatic carbocycles. The summed E-state index contributed by atoms with van der Waals surface area (Å²) < 4.78 is 5.71. The fourth-order valence-electron chi connectivity index (χ4n) is 5.51.